The molecule has 0 heterocycles. The van der Waals surface area contributed by atoms with Crippen molar-refractivity contribution in [3.05, 3.63) is 34.9 Å². The van der Waals surface area contributed by atoms with E-state index < -0.39 is 5.97 Å². The third-order valence-electron chi connectivity index (χ3n) is 2.42. The molecule has 1 rings (SSSR count). The number of amides is 1. The van der Waals surface area contributed by atoms with E-state index in [1.54, 1.807) is 0 Å². The fourth-order valence-corrected chi connectivity index (χ4v) is 1.58. The summed E-state index contributed by atoms with van der Waals surface area (Å²) >= 11 is 0. The first-order valence-electron chi connectivity index (χ1n) is 5.62. The van der Waals surface area contributed by atoms with E-state index in [-0.39, 0.29) is 5.91 Å². The van der Waals surface area contributed by atoms with Crippen LogP contribution in [-0.4, -0.2) is 11.9 Å². The summed E-state index contributed by atoms with van der Waals surface area (Å²) in [5.74, 6) is -0.808. The van der Waals surface area contributed by atoms with Gasteiger partial charge in [0.2, 0.25) is 0 Å². The average Bonchev–Trinajstić information content (AvgIpc) is 2.26. The van der Waals surface area contributed by atoms with Gasteiger partial charge in [0.25, 0.3) is 5.91 Å². The molecule has 0 bridgehead atoms. The molecule has 0 aromatic heterocycles. The van der Waals surface area contributed by atoms with Crippen molar-refractivity contribution < 1.29 is 14.4 Å². The predicted octanol–water partition coefficient (Wildman–Crippen LogP) is 2.29. The van der Waals surface area contributed by atoms with Crippen molar-refractivity contribution in [2.24, 2.45) is 0 Å². The van der Waals surface area contributed by atoms with Crippen LogP contribution < -0.4 is 5.48 Å². The fourth-order valence-electron chi connectivity index (χ4n) is 1.58. The molecule has 92 valence electrons. The number of hydrogen-bond acceptors (Lipinski definition) is 3. The Morgan fingerprint density at radius 3 is 2.35 bits per heavy atom. The van der Waals surface area contributed by atoms with E-state index >= 15 is 0 Å². The Balaban J connectivity index is 2.68. The molecule has 0 saturated heterocycles. The summed E-state index contributed by atoms with van der Waals surface area (Å²) in [5, 5.41) is 0. The molecule has 17 heavy (non-hydrogen) atoms. The molecule has 0 aliphatic rings. The van der Waals surface area contributed by atoms with Gasteiger partial charge in [0.15, 0.2) is 0 Å². The van der Waals surface area contributed by atoms with Gasteiger partial charge in [-0.3, -0.25) is 4.79 Å². The largest absolute Gasteiger partial charge is 0.341 e. The average molecular weight is 235 g/mol. The van der Waals surface area contributed by atoms with Crippen LogP contribution in [0.15, 0.2) is 18.2 Å². The zero-order chi connectivity index (χ0) is 12.8. The van der Waals surface area contributed by atoms with Crippen LogP contribution in [-0.2, 0) is 9.63 Å². The van der Waals surface area contributed by atoms with E-state index in [2.05, 4.69) is 10.3 Å². The number of hydrogen-bond donors (Lipinski definition) is 1. The van der Waals surface area contributed by atoms with E-state index in [0.717, 1.165) is 11.1 Å². The standard InChI is InChI=1S/C13H17NO3/c1-4-6-11(15)17-14-13(16)12-9(2)7-5-8-10(12)3/h5,7-8H,4,6H2,1-3H3,(H,14,16). The number of aryl methyl sites for hydroxylation is 2. The number of hydroxylamine groups is 1. The smallest absolute Gasteiger partial charge is 0.332 e. The Labute approximate surface area is 101 Å². The highest BCUT2D eigenvalue weighted by Gasteiger charge is 2.13. The summed E-state index contributed by atoms with van der Waals surface area (Å²) in [6.07, 6.45) is 0.991. The quantitative estimate of drug-likeness (QED) is 0.818. The molecule has 0 aliphatic carbocycles. The molecule has 1 aromatic carbocycles. The molecule has 0 atom stereocenters. The van der Waals surface area contributed by atoms with Crippen molar-refractivity contribution in [3.8, 4) is 0 Å². The summed E-state index contributed by atoms with van der Waals surface area (Å²) in [4.78, 5) is 27.6. The van der Waals surface area contributed by atoms with E-state index in [0.29, 0.717) is 18.4 Å². The Hall–Kier alpha value is -1.84. The monoisotopic (exact) mass is 235 g/mol. The minimum atomic E-state index is -0.424. The van der Waals surface area contributed by atoms with E-state index in [9.17, 15) is 9.59 Å². The van der Waals surface area contributed by atoms with Gasteiger partial charge in [-0.05, 0) is 31.4 Å². The third-order valence-corrected chi connectivity index (χ3v) is 2.42. The van der Waals surface area contributed by atoms with E-state index in [1.807, 2.05) is 39.0 Å². The van der Waals surface area contributed by atoms with Crippen LogP contribution in [0.2, 0.25) is 0 Å². The first-order chi connectivity index (χ1) is 8.06. The Morgan fingerprint density at radius 1 is 1.24 bits per heavy atom. The molecule has 0 radical (unpaired) electrons. The molecule has 1 aromatic rings. The maximum Gasteiger partial charge on any atom is 0.332 e. The molecule has 1 N–H and O–H groups in total. The van der Waals surface area contributed by atoms with E-state index in [1.165, 1.54) is 0 Å². The van der Waals surface area contributed by atoms with Crippen LogP contribution in [0.3, 0.4) is 0 Å². The second-order valence-corrected chi connectivity index (χ2v) is 3.92. The van der Waals surface area contributed by atoms with Crippen LogP contribution in [0.1, 0.15) is 41.3 Å². The SMILES string of the molecule is CCCC(=O)ONC(=O)c1c(C)cccc1C. The van der Waals surface area contributed by atoms with Gasteiger partial charge in [-0.1, -0.05) is 25.1 Å². The molecule has 1 amide bonds. The molecule has 4 nitrogen and oxygen atoms in total. The number of carbonyl (C=O) groups excluding carboxylic acids is 2. The van der Waals surface area contributed by atoms with Crippen molar-refractivity contribution >= 4 is 11.9 Å². The molecule has 0 fully saturated rings. The fraction of sp³-hybridized carbons (Fsp3) is 0.385. The van der Waals surface area contributed by atoms with Crippen LogP contribution >= 0.6 is 0 Å². The van der Waals surface area contributed by atoms with Crippen LogP contribution in [0.5, 0.6) is 0 Å². The van der Waals surface area contributed by atoms with Crippen molar-refractivity contribution in [2.75, 3.05) is 0 Å². The second kappa shape index (κ2) is 6.03. The zero-order valence-corrected chi connectivity index (χ0v) is 10.4. The molecule has 4 heteroatoms. The number of rotatable bonds is 3. The Kier molecular flexibility index (Phi) is 4.69. The molecule has 0 unspecified atom stereocenters. The topological polar surface area (TPSA) is 55.4 Å². The van der Waals surface area contributed by atoms with Gasteiger partial charge in [0.1, 0.15) is 0 Å². The molecule has 0 spiro atoms. The van der Waals surface area contributed by atoms with Crippen molar-refractivity contribution in [1.82, 2.24) is 5.48 Å². The Bertz CT molecular complexity index is 406. The number of carbonyl (C=O) groups is 2. The number of benzene rings is 1. The van der Waals surface area contributed by atoms with Gasteiger partial charge >= 0.3 is 5.97 Å². The van der Waals surface area contributed by atoms with Gasteiger partial charge in [-0.2, -0.15) is 5.48 Å². The number of nitrogens with one attached hydrogen (secondary N) is 1. The summed E-state index contributed by atoms with van der Waals surface area (Å²) in [5.41, 5.74) is 4.44. The van der Waals surface area contributed by atoms with Crippen LogP contribution in [0, 0.1) is 13.8 Å². The minimum Gasteiger partial charge on any atom is -0.341 e. The molecular weight excluding hydrogens is 218 g/mol. The lowest BCUT2D eigenvalue weighted by atomic mass is 10.0. The molecular formula is C13H17NO3. The van der Waals surface area contributed by atoms with Gasteiger partial charge < -0.3 is 4.84 Å². The molecule has 0 saturated carbocycles. The normalized spacial score (nSPS) is 9.82. The van der Waals surface area contributed by atoms with Crippen LogP contribution in [0.4, 0.5) is 0 Å². The third kappa shape index (κ3) is 3.59. The lowest BCUT2D eigenvalue weighted by Gasteiger charge is -2.09. The van der Waals surface area contributed by atoms with Crippen molar-refractivity contribution in [2.45, 2.75) is 33.6 Å². The zero-order valence-electron chi connectivity index (χ0n) is 10.4. The first-order valence-corrected chi connectivity index (χ1v) is 5.62. The highest BCUT2D eigenvalue weighted by Crippen LogP contribution is 2.12. The van der Waals surface area contributed by atoms with Crippen LogP contribution in [0.25, 0.3) is 0 Å². The van der Waals surface area contributed by atoms with Crippen molar-refractivity contribution in [3.63, 3.8) is 0 Å². The second-order valence-electron chi connectivity index (χ2n) is 3.92. The van der Waals surface area contributed by atoms with Crippen molar-refractivity contribution in [1.29, 1.82) is 0 Å². The lowest BCUT2D eigenvalue weighted by molar-refractivity contribution is -0.149. The highest BCUT2D eigenvalue weighted by molar-refractivity contribution is 5.96. The predicted molar refractivity (Wildman–Crippen MR) is 64.4 cm³/mol. The van der Waals surface area contributed by atoms with Gasteiger partial charge in [0, 0.05) is 12.0 Å². The summed E-state index contributed by atoms with van der Waals surface area (Å²) in [7, 11) is 0. The van der Waals surface area contributed by atoms with Gasteiger partial charge in [-0.25, -0.2) is 4.79 Å². The first kappa shape index (κ1) is 13.2. The summed E-state index contributed by atoms with van der Waals surface area (Å²) in [6, 6.07) is 5.57. The van der Waals surface area contributed by atoms with E-state index in [4.69, 9.17) is 0 Å². The minimum absolute atomic E-state index is 0.299. The van der Waals surface area contributed by atoms with Gasteiger partial charge in [0.05, 0.1) is 0 Å². The summed E-state index contributed by atoms with van der Waals surface area (Å²) in [6.45, 7) is 5.56. The highest BCUT2D eigenvalue weighted by atomic mass is 16.7. The Morgan fingerprint density at radius 2 is 1.82 bits per heavy atom. The molecule has 0 aliphatic heterocycles. The maximum atomic E-state index is 11.8. The lowest BCUT2D eigenvalue weighted by Crippen LogP contribution is -2.28. The maximum absolute atomic E-state index is 11.8. The summed E-state index contributed by atoms with van der Waals surface area (Å²) < 4.78 is 0. The van der Waals surface area contributed by atoms with Gasteiger partial charge in [-0.15, -0.1) is 0 Å².